The van der Waals surface area contributed by atoms with Gasteiger partial charge >= 0.3 is 5.97 Å². The summed E-state index contributed by atoms with van der Waals surface area (Å²) in [5.41, 5.74) is -0.692. The van der Waals surface area contributed by atoms with Gasteiger partial charge in [0, 0.05) is 10.6 Å². The molecule has 1 unspecified atom stereocenters. The van der Waals surface area contributed by atoms with Crippen LogP contribution in [0.15, 0.2) is 12.1 Å². The summed E-state index contributed by atoms with van der Waals surface area (Å²) in [6.07, 6.45) is -2.12. The van der Waals surface area contributed by atoms with Crippen LogP contribution >= 0.6 is 11.6 Å². The molecule has 0 aliphatic carbocycles. The minimum absolute atomic E-state index is 0.181. The zero-order valence-corrected chi connectivity index (χ0v) is 7.42. The molecule has 0 spiro atoms. The van der Waals surface area contributed by atoms with Gasteiger partial charge in [0.25, 0.3) is 0 Å². The van der Waals surface area contributed by atoms with Gasteiger partial charge in [0.2, 0.25) is 0 Å². The van der Waals surface area contributed by atoms with Gasteiger partial charge in [-0.2, -0.15) is 0 Å². The molecule has 0 aliphatic heterocycles. The third-order valence-corrected chi connectivity index (χ3v) is 1.77. The fourth-order valence-electron chi connectivity index (χ4n) is 0.908. The molecule has 1 rings (SSSR count). The van der Waals surface area contributed by atoms with Crippen molar-refractivity contribution >= 4 is 17.6 Å². The van der Waals surface area contributed by atoms with Crippen LogP contribution in [0.2, 0.25) is 5.02 Å². The smallest absolute Gasteiger partial charge is 0.337 e. The number of carboxylic acid groups (broad SMARTS) is 1. The molecule has 0 saturated heterocycles. The summed E-state index contributed by atoms with van der Waals surface area (Å²) in [6, 6.07) is 1.55. The van der Waals surface area contributed by atoms with E-state index < -0.39 is 29.3 Å². The lowest BCUT2D eigenvalue weighted by Gasteiger charge is -2.07. The standard InChI is InChI=1S/C8H5ClF2O3/c9-3-1-4(7(12)8(13)14)6(11)5(10)2-3/h1-2,7,12H,(H,13,14). The first-order chi connectivity index (χ1) is 6.43. The summed E-state index contributed by atoms with van der Waals surface area (Å²) in [4.78, 5) is 10.3. The fraction of sp³-hybridized carbons (Fsp3) is 0.125. The second-order valence-corrected chi connectivity index (χ2v) is 2.97. The lowest BCUT2D eigenvalue weighted by atomic mass is 10.1. The number of aliphatic carboxylic acids is 1. The van der Waals surface area contributed by atoms with Crippen molar-refractivity contribution in [1.82, 2.24) is 0 Å². The van der Waals surface area contributed by atoms with E-state index in [0.29, 0.717) is 6.07 Å². The molecule has 2 N–H and O–H groups in total. The van der Waals surface area contributed by atoms with Gasteiger partial charge in [-0.3, -0.25) is 0 Å². The molecule has 0 saturated carbocycles. The normalized spacial score (nSPS) is 12.6. The highest BCUT2D eigenvalue weighted by molar-refractivity contribution is 6.30. The number of aliphatic hydroxyl groups excluding tert-OH is 1. The van der Waals surface area contributed by atoms with Gasteiger partial charge in [-0.05, 0) is 12.1 Å². The van der Waals surface area contributed by atoms with Crippen LogP contribution in [-0.4, -0.2) is 16.2 Å². The topological polar surface area (TPSA) is 57.5 Å². The molecule has 14 heavy (non-hydrogen) atoms. The van der Waals surface area contributed by atoms with Crippen molar-refractivity contribution in [3.63, 3.8) is 0 Å². The van der Waals surface area contributed by atoms with E-state index in [1.165, 1.54) is 0 Å². The molecular formula is C8H5ClF2O3. The quantitative estimate of drug-likeness (QED) is 0.750. The van der Waals surface area contributed by atoms with Crippen molar-refractivity contribution in [3.05, 3.63) is 34.4 Å². The van der Waals surface area contributed by atoms with Crippen LogP contribution in [0.25, 0.3) is 0 Å². The lowest BCUT2D eigenvalue weighted by Crippen LogP contribution is -2.13. The minimum Gasteiger partial charge on any atom is -0.479 e. The molecule has 0 amide bonds. The summed E-state index contributed by atoms with van der Waals surface area (Å²) < 4.78 is 25.6. The Labute approximate surface area is 82.5 Å². The molecule has 0 bridgehead atoms. The van der Waals surface area contributed by atoms with Crippen molar-refractivity contribution in [2.24, 2.45) is 0 Å². The van der Waals surface area contributed by atoms with Crippen molar-refractivity contribution in [2.75, 3.05) is 0 Å². The maximum atomic E-state index is 12.9. The maximum Gasteiger partial charge on any atom is 0.337 e. The average molecular weight is 223 g/mol. The number of hydrogen-bond acceptors (Lipinski definition) is 2. The summed E-state index contributed by atoms with van der Waals surface area (Å²) in [5, 5.41) is 17.1. The number of halogens is 3. The Hall–Kier alpha value is -1.20. The zero-order chi connectivity index (χ0) is 10.9. The van der Waals surface area contributed by atoms with Gasteiger partial charge in [-0.25, -0.2) is 13.6 Å². The minimum atomic E-state index is -2.12. The lowest BCUT2D eigenvalue weighted by molar-refractivity contribution is -0.147. The number of benzene rings is 1. The number of carbonyl (C=O) groups is 1. The Bertz CT molecular complexity index is 381. The van der Waals surface area contributed by atoms with Crippen LogP contribution in [0.4, 0.5) is 8.78 Å². The van der Waals surface area contributed by atoms with E-state index in [9.17, 15) is 13.6 Å². The number of carboxylic acids is 1. The van der Waals surface area contributed by atoms with E-state index in [-0.39, 0.29) is 5.02 Å². The van der Waals surface area contributed by atoms with Crippen molar-refractivity contribution in [2.45, 2.75) is 6.10 Å². The highest BCUT2D eigenvalue weighted by Crippen LogP contribution is 2.24. The van der Waals surface area contributed by atoms with Gasteiger partial charge in [-0.15, -0.1) is 0 Å². The van der Waals surface area contributed by atoms with Gasteiger partial charge in [0.05, 0.1) is 0 Å². The second-order valence-electron chi connectivity index (χ2n) is 2.53. The van der Waals surface area contributed by atoms with Crippen LogP contribution in [0, 0.1) is 11.6 Å². The van der Waals surface area contributed by atoms with E-state index in [2.05, 4.69) is 0 Å². The first kappa shape index (κ1) is 10.9. The number of rotatable bonds is 2. The Morgan fingerprint density at radius 1 is 1.43 bits per heavy atom. The number of aliphatic hydroxyl groups is 1. The highest BCUT2D eigenvalue weighted by Gasteiger charge is 2.22. The Morgan fingerprint density at radius 2 is 2.00 bits per heavy atom. The van der Waals surface area contributed by atoms with Gasteiger partial charge in [-0.1, -0.05) is 11.6 Å². The molecule has 76 valence electrons. The van der Waals surface area contributed by atoms with E-state index >= 15 is 0 Å². The molecule has 6 heteroatoms. The van der Waals surface area contributed by atoms with E-state index in [1.54, 1.807) is 0 Å². The summed E-state index contributed by atoms with van der Waals surface area (Å²) in [5.74, 6) is -4.39. The summed E-state index contributed by atoms with van der Waals surface area (Å²) >= 11 is 5.36. The first-order valence-corrected chi connectivity index (χ1v) is 3.86. The second kappa shape index (κ2) is 3.89. The fourth-order valence-corrected chi connectivity index (χ4v) is 1.12. The van der Waals surface area contributed by atoms with Gasteiger partial charge < -0.3 is 10.2 Å². The Morgan fingerprint density at radius 3 is 2.50 bits per heavy atom. The summed E-state index contributed by atoms with van der Waals surface area (Å²) in [7, 11) is 0. The van der Waals surface area contributed by atoms with E-state index in [4.69, 9.17) is 21.8 Å². The van der Waals surface area contributed by atoms with Crippen LogP contribution in [-0.2, 0) is 4.79 Å². The van der Waals surface area contributed by atoms with Crippen LogP contribution in [0.5, 0.6) is 0 Å². The molecule has 1 atom stereocenters. The van der Waals surface area contributed by atoms with E-state index in [0.717, 1.165) is 6.07 Å². The predicted molar refractivity (Wildman–Crippen MR) is 44.0 cm³/mol. The molecular weight excluding hydrogens is 218 g/mol. The van der Waals surface area contributed by atoms with Gasteiger partial charge in [0.15, 0.2) is 17.7 Å². The molecule has 3 nitrogen and oxygen atoms in total. The average Bonchev–Trinajstić information content (AvgIpc) is 2.09. The van der Waals surface area contributed by atoms with E-state index in [1.807, 2.05) is 0 Å². The van der Waals surface area contributed by atoms with Crippen LogP contribution < -0.4 is 0 Å². The SMILES string of the molecule is O=C(O)C(O)c1cc(Cl)cc(F)c1F. The highest BCUT2D eigenvalue weighted by atomic mass is 35.5. The van der Waals surface area contributed by atoms with Crippen LogP contribution in [0.1, 0.15) is 11.7 Å². The largest absolute Gasteiger partial charge is 0.479 e. The number of hydrogen-bond donors (Lipinski definition) is 2. The van der Waals surface area contributed by atoms with Crippen molar-refractivity contribution in [3.8, 4) is 0 Å². The molecule has 0 heterocycles. The molecule has 0 radical (unpaired) electrons. The molecule has 0 aliphatic rings. The van der Waals surface area contributed by atoms with Crippen LogP contribution in [0.3, 0.4) is 0 Å². The molecule has 0 fully saturated rings. The summed E-state index contributed by atoms with van der Waals surface area (Å²) in [6.45, 7) is 0. The molecule has 1 aromatic rings. The Balaban J connectivity index is 3.26. The molecule has 1 aromatic carbocycles. The predicted octanol–water partition coefficient (Wildman–Crippen LogP) is 1.74. The Kier molecular flexibility index (Phi) is 3.03. The zero-order valence-electron chi connectivity index (χ0n) is 6.67. The first-order valence-electron chi connectivity index (χ1n) is 3.48. The van der Waals surface area contributed by atoms with Gasteiger partial charge in [0.1, 0.15) is 0 Å². The van der Waals surface area contributed by atoms with Crippen molar-refractivity contribution in [1.29, 1.82) is 0 Å². The monoisotopic (exact) mass is 222 g/mol. The third-order valence-electron chi connectivity index (χ3n) is 1.55. The van der Waals surface area contributed by atoms with Crippen molar-refractivity contribution < 1.29 is 23.8 Å². The molecule has 0 aromatic heterocycles. The third kappa shape index (κ3) is 2.00. The maximum absolute atomic E-state index is 12.9.